The van der Waals surface area contributed by atoms with Gasteiger partial charge in [0.25, 0.3) is 0 Å². The smallest absolute Gasteiger partial charge is 0.206 e. The van der Waals surface area contributed by atoms with Crippen LogP contribution in [0.1, 0.15) is 5.69 Å². The van der Waals surface area contributed by atoms with Gasteiger partial charge in [-0.05, 0) is 12.1 Å². The van der Waals surface area contributed by atoms with Gasteiger partial charge in [0.05, 0.1) is 11.2 Å². The summed E-state index contributed by atoms with van der Waals surface area (Å²) in [5.74, 6) is -0.103. The molecule has 0 amide bonds. The van der Waals surface area contributed by atoms with E-state index in [4.69, 9.17) is 18.7 Å². The predicted octanol–water partition coefficient (Wildman–Crippen LogP) is 0.552. The van der Waals surface area contributed by atoms with Crippen molar-refractivity contribution in [2.24, 2.45) is 10.8 Å². The van der Waals surface area contributed by atoms with Crippen LogP contribution in [0.2, 0.25) is 6.43 Å². The number of rotatable bonds is 2. The van der Waals surface area contributed by atoms with Crippen molar-refractivity contribution in [1.82, 2.24) is 10.4 Å². The lowest BCUT2D eigenvalue weighted by atomic mass is 10.4. The molecule has 0 unspecified atom stereocenters. The molecule has 68 valence electrons. The minimum absolute atomic E-state index is 0.103. The Morgan fingerprint density at radius 2 is 2.77 bits per heavy atom. The minimum atomic E-state index is -0.103. The van der Waals surface area contributed by atoms with E-state index in [0.29, 0.717) is 10.7 Å². The van der Waals surface area contributed by atoms with Crippen molar-refractivity contribution >= 4 is 23.8 Å². The van der Waals surface area contributed by atoms with Crippen LogP contribution in [-0.4, -0.2) is 17.2 Å². The van der Waals surface area contributed by atoms with Gasteiger partial charge in [0, 0.05) is 6.20 Å². The number of halogens is 1. The summed E-state index contributed by atoms with van der Waals surface area (Å²) < 4.78 is 6.52. The summed E-state index contributed by atoms with van der Waals surface area (Å²) in [4.78, 5) is 3.95. The molecular weight excluding hydrogens is 190 g/mol. The first-order chi connectivity index (χ1) is 6.74. The zero-order valence-electron chi connectivity index (χ0n) is 7.61. The number of hydrogen-bond donors (Lipinski definition) is 3. The molecule has 0 spiro atoms. The highest BCUT2D eigenvalue weighted by Gasteiger charge is 1.94. The average Bonchev–Trinajstić information content (AvgIpc) is 2.20. The zero-order valence-corrected chi connectivity index (χ0v) is 7.36. The number of nitrogens with one attached hydrogen (secondary N) is 2. The van der Waals surface area contributed by atoms with Crippen LogP contribution in [0.3, 0.4) is 0 Å². The van der Waals surface area contributed by atoms with Gasteiger partial charge in [0.15, 0.2) is 1.41 Å². The van der Waals surface area contributed by atoms with Crippen LogP contribution in [0, 0.1) is 5.40 Å². The fourth-order valence-electron chi connectivity index (χ4n) is 0.652. The molecule has 6 heteroatoms. The zero-order chi connectivity index (χ0) is 10.4. The molecule has 0 aromatic carbocycles. The molecule has 0 bridgehead atoms. The molecule has 1 aromatic rings. The summed E-state index contributed by atoms with van der Waals surface area (Å²) in [5, 5.41) is 7.07. The Labute approximate surface area is 81.6 Å². The monoisotopic (exact) mass is 197 g/mol. The second-order valence-electron chi connectivity index (χ2n) is 2.13. The first-order valence-corrected chi connectivity index (χ1v) is 3.79. The molecule has 13 heavy (non-hydrogen) atoms. The molecule has 0 saturated carbocycles. The Kier molecular flexibility index (Phi) is 2.72. The molecule has 5 nitrogen and oxygen atoms in total. The second kappa shape index (κ2) is 4.42. The lowest BCUT2D eigenvalue weighted by Crippen LogP contribution is -2.25. The van der Waals surface area contributed by atoms with E-state index in [1.54, 1.807) is 18.3 Å². The summed E-state index contributed by atoms with van der Waals surface area (Å²) in [6.45, 7) is 0. The van der Waals surface area contributed by atoms with Gasteiger partial charge in [0.2, 0.25) is 5.96 Å². The van der Waals surface area contributed by atoms with Gasteiger partial charge in [-0.1, -0.05) is 11.6 Å². The molecular formula is C7H8ClN5. The normalized spacial score (nSPS) is 13.0. The Bertz CT molecular complexity index is 365. The fraction of sp³-hybridized carbons (Fsp3) is 0. The largest absolute Gasteiger partial charge is 0.369 e. The Morgan fingerprint density at radius 1 is 1.92 bits per heavy atom. The second-order valence-corrected chi connectivity index (χ2v) is 2.53. The summed E-state index contributed by atoms with van der Waals surface area (Å²) in [7, 11) is 0. The molecule has 1 aromatic heterocycles. The number of aromatic nitrogens is 1. The molecule has 1 rings (SSSR count). The Balaban J connectivity index is 2.65. The summed E-state index contributed by atoms with van der Waals surface area (Å²) in [6, 6.07) is 3.41. The maximum atomic E-state index is 6.52. The number of guanidine groups is 1. The lowest BCUT2D eigenvalue weighted by Gasteiger charge is -1.95. The third-order valence-corrected chi connectivity index (χ3v) is 1.47. The molecule has 0 fully saturated rings. The minimum Gasteiger partial charge on any atom is -0.369 e. The van der Waals surface area contributed by atoms with Crippen LogP contribution in [0.4, 0.5) is 0 Å². The topological polar surface area (TPSA) is 87.2 Å². The van der Waals surface area contributed by atoms with E-state index in [1.807, 2.05) is 0 Å². The van der Waals surface area contributed by atoms with Gasteiger partial charge < -0.3 is 5.73 Å². The van der Waals surface area contributed by atoms with Crippen molar-refractivity contribution < 1.29 is 1.41 Å². The number of nitrogens with two attached hydrogens (primary N) is 1. The molecule has 1 heterocycles. The van der Waals surface area contributed by atoms with E-state index in [1.165, 1.54) is 6.21 Å². The van der Waals surface area contributed by atoms with Crippen molar-refractivity contribution in [3.8, 4) is 0 Å². The molecule has 4 N–H and O–H groups in total. The van der Waals surface area contributed by atoms with Crippen molar-refractivity contribution in [3.63, 3.8) is 0 Å². The van der Waals surface area contributed by atoms with E-state index < -0.39 is 0 Å². The SMILES string of the molecule is [H]/N=C(\N)NN=Cc1ncccc1Cl. The van der Waals surface area contributed by atoms with E-state index in [9.17, 15) is 0 Å². The summed E-state index contributed by atoms with van der Waals surface area (Å²) in [5.41, 5.74) is 7.99. The third-order valence-electron chi connectivity index (χ3n) is 1.15. The number of hydrazone groups is 1. The van der Waals surface area contributed by atoms with E-state index in [-0.39, 0.29) is 5.96 Å². The molecule has 0 aliphatic heterocycles. The average molecular weight is 198 g/mol. The molecule has 0 aliphatic rings. The Hall–Kier alpha value is -1.62. The standard InChI is InChI=1S/C7H8ClN5/c8-5-2-1-3-11-6(5)4-12-13-7(9)10/h1-4H,(H4,9,10,13). The molecule has 0 saturated heterocycles. The van der Waals surface area contributed by atoms with Crippen LogP contribution in [0.15, 0.2) is 23.4 Å². The van der Waals surface area contributed by atoms with Gasteiger partial charge in [-0.3, -0.25) is 10.4 Å². The van der Waals surface area contributed by atoms with Crippen LogP contribution in [0.5, 0.6) is 0 Å². The number of hydrogen-bond acceptors (Lipinski definition) is 3. The van der Waals surface area contributed by atoms with Gasteiger partial charge in [-0.2, -0.15) is 5.10 Å². The van der Waals surface area contributed by atoms with Crippen LogP contribution in [-0.2, 0) is 0 Å². The quantitative estimate of drug-likeness (QED) is 0.368. The summed E-state index contributed by atoms with van der Waals surface area (Å²) >= 11 is 5.79. The van der Waals surface area contributed by atoms with Crippen LogP contribution in [0.25, 0.3) is 0 Å². The van der Waals surface area contributed by atoms with Gasteiger partial charge >= 0.3 is 0 Å². The van der Waals surface area contributed by atoms with E-state index in [2.05, 4.69) is 20.9 Å². The van der Waals surface area contributed by atoms with Gasteiger partial charge in [0.1, 0.15) is 5.69 Å². The van der Waals surface area contributed by atoms with Crippen molar-refractivity contribution in [2.45, 2.75) is 0 Å². The van der Waals surface area contributed by atoms with Crippen LogP contribution < -0.4 is 11.2 Å². The first kappa shape index (κ1) is 8.00. The van der Waals surface area contributed by atoms with Crippen molar-refractivity contribution in [3.05, 3.63) is 29.0 Å². The van der Waals surface area contributed by atoms with Crippen molar-refractivity contribution in [2.75, 3.05) is 0 Å². The maximum Gasteiger partial charge on any atom is 0.206 e. The van der Waals surface area contributed by atoms with Gasteiger partial charge in [-0.15, -0.1) is 0 Å². The summed E-state index contributed by atoms with van der Waals surface area (Å²) in [6.07, 6.45) is 2.98. The van der Waals surface area contributed by atoms with Crippen molar-refractivity contribution in [1.29, 1.82) is 5.40 Å². The highest BCUT2D eigenvalue weighted by atomic mass is 35.5. The molecule has 0 radical (unpaired) electrons. The third kappa shape index (κ3) is 3.08. The maximum absolute atomic E-state index is 6.52. The first-order valence-electron chi connectivity index (χ1n) is 3.86. The lowest BCUT2D eigenvalue weighted by molar-refractivity contribution is 1.000. The van der Waals surface area contributed by atoms with Crippen LogP contribution >= 0.6 is 11.6 Å². The number of pyridine rings is 1. The predicted molar refractivity (Wildman–Crippen MR) is 51.9 cm³/mol. The molecule has 0 atom stereocenters. The number of nitrogens with zero attached hydrogens (tertiary/aromatic N) is 2. The van der Waals surface area contributed by atoms with E-state index in [0.717, 1.165) is 0 Å². The van der Waals surface area contributed by atoms with E-state index >= 15 is 0 Å². The fourth-order valence-corrected chi connectivity index (χ4v) is 0.823. The Morgan fingerprint density at radius 3 is 3.46 bits per heavy atom. The molecule has 0 aliphatic carbocycles. The van der Waals surface area contributed by atoms with Gasteiger partial charge in [-0.25, -0.2) is 5.43 Å². The highest BCUT2D eigenvalue weighted by Crippen LogP contribution is 2.08. The highest BCUT2D eigenvalue weighted by molar-refractivity contribution is 6.32.